The van der Waals surface area contributed by atoms with Crippen LogP contribution in [0.5, 0.6) is 0 Å². The van der Waals surface area contributed by atoms with Crippen molar-refractivity contribution in [2.45, 2.75) is 6.92 Å². The van der Waals surface area contributed by atoms with Crippen LogP contribution in [0.15, 0.2) is 18.3 Å². The first-order valence-electron chi connectivity index (χ1n) is 9.38. The lowest BCUT2D eigenvalue weighted by atomic mass is 10.3. The lowest BCUT2D eigenvalue weighted by Crippen LogP contribution is -2.49. The number of pyridine rings is 1. The van der Waals surface area contributed by atoms with E-state index in [1.807, 2.05) is 30.8 Å². The smallest absolute Gasteiger partial charge is 0.409 e. The van der Waals surface area contributed by atoms with Gasteiger partial charge in [0.2, 0.25) is 5.95 Å². The molecular formula is C18H24N6O2S. The van der Waals surface area contributed by atoms with Crippen molar-refractivity contribution in [3.8, 4) is 0 Å². The number of hydrogen-bond acceptors (Lipinski definition) is 8. The van der Waals surface area contributed by atoms with Gasteiger partial charge >= 0.3 is 6.09 Å². The van der Waals surface area contributed by atoms with E-state index in [4.69, 9.17) is 14.7 Å². The van der Waals surface area contributed by atoms with E-state index in [2.05, 4.69) is 14.8 Å². The Morgan fingerprint density at radius 3 is 2.63 bits per heavy atom. The number of nitrogens with zero attached hydrogens (tertiary/aromatic N) is 6. The van der Waals surface area contributed by atoms with Crippen molar-refractivity contribution >= 4 is 40.7 Å². The van der Waals surface area contributed by atoms with Crippen LogP contribution < -0.4 is 9.80 Å². The second-order valence-electron chi connectivity index (χ2n) is 6.49. The van der Waals surface area contributed by atoms with Crippen LogP contribution in [0.3, 0.4) is 0 Å². The van der Waals surface area contributed by atoms with Gasteiger partial charge in [0.05, 0.1) is 12.1 Å². The summed E-state index contributed by atoms with van der Waals surface area (Å²) in [6, 6.07) is 3.90. The molecule has 0 atom stereocenters. The van der Waals surface area contributed by atoms with E-state index in [1.54, 1.807) is 11.1 Å². The number of ether oxygens (including phenoxy) is 1. The molecule has 2 aromatic rings. The van der Waals surface area contributed by atoms with Gasteiger partial charge in [0.1, 0.15) is 5.52 Å². The van der Waals surface area contributed by atoms with Gasteiger partial charge in [-0.15, -0.1) is 0 Å². The first-order chi connectivity index (χ1) is 13.3. The average molecular weight is 388 g/mol. The monoisotopic (exact) mass is 388 g/mol. The van der Waals surface area contributed by atoms with Crippen LogP contribution in [0.4, 0.5) is 16.6 Å². The first-order valence-corrected chi connectivity index (χ1v) is 10.5. The summed E-state index contributed by atoms with van der Waals surface area (Å²) in [5.41, 5.74) is 1.72. The minimum absolute atomic E-state index is 0.243. The standard InChI is InChI=1S/C18H24N6O2S/c1-2-26-18(25)24-8-6-23(7-9-24)17-20-14-4-3-5-19-15(14)16(21-17)22-10-12-27-13-11-22/h3-5H,2,6-13H2,1H3. The Kier molecular flexibility index (Phi) is 5.47. The zero-order chi connectivity index (χ0) is 18.6. The maximum absolute atomic E-state index is 11.9. The molecule has 0 saturated carbocycles. The lowest BCUT2D eigenvalue weighted by molar-refractivity contribution is 0.105. The first kappa shape index (κ1) is 18.1. The van der Waals surface area contributed by atoms with E-state index in [9.17, 15) is 4.79 Å². The van der Waals surface area contributed by atoms with Crippen molar-refractivity contribution in [2.24, 2.45) is 0 Å². The summed E-state index contributed by atoms with van der Waals surface area (Å²) in [6.07, 6.45) is 1.55. The largest absolute Gasteiger partial charge is 0.450 e. The highest BCUT2D eigenvalue weighted by molar-refractivity contribution is 7.99. The van der Waals surface area contributed by atoms with Gasteiger partial charge in [0.15, 0.2) is 5.82 Å². The summed E-state index contributed by atoms with van der Waals surface area (Å²) in [4.78, 5) is 32.3. The molecule has 9 heteroatoms. The molecule has 2 aliphatic rings. The molecule has 2 aliphatic heterocycles. The molecule has 0 aliphatic carbocycles. The summed E-state index contributed by atoms with van der Waals surface area (Å²) in [5, 5.41) is 0. The third kappa shape index (κ3) is 3.87. The highest BCUT2D eigenvalue weighted by atomic mass is 32.2. The van der Waals surface area contributed by atoms with Gasteiger partial charge in [-0.1, -0.05) is 0 Å². The van der Waals surface area contributed by atoms with E-state index in [0.717, 1.165) is 41.4 Å². The molecule has 0 N–H and O–H groups in total. The lowest BCUT2D eigenvalue weighted by Gasteiger charge is -2.35. The van der Waals surface area contributed by atoms with Crippen LogP contribution in [0.25, 0.3) is 11.0 Å². The van der Waals surface area contributed by atoms with Crippen molar-refractivity contribution < 1.29 is 9.53 Å². The van der Waals surface area contributed by atoms with Crippen LogP contribution in [0.1, 0.15) is 6.92 Å². The minimum atomic E-state index is -0.243. The number of hydrogen-bond donors (Lipinski definition) is 0. The third-order valence-electron chi connectivity index (χ3n) is 4.82. The molecule has 0 unspecified atom stereocenters. The summed E-state index contributed by atoms with van der Waals surface area (Å²) < 4.78 is 5.10. The molecule has 0 aromatic carbocycles. The Bertz CT molecular complexity index is 806. The van der Waals surface area contributed by atoms with Crippen molar-refractivity contribution in [2.75, 3.05) is 67.2 Å². The highest BCUT2D eigenvalue weighted by Crippen LogP contribution is 2.27. The number of amides is 1. The van der Waals surface area contributed by atoms with Gasteiger partial charge in [0.25, 0.3) is 0 Å². The Hall–Kier alpha value is -2.29. The fraction of sp³-hybridized carbons (Fsp3) is 0.556. The number of piperazine rings is 1. The molecule has 4 heterocycles. The number of anilines is 2. The molecule has 4 rings (SSSR count). The molecule has 144 valence electrons. The van der Waals surface area contributed by atoms with Crippen molar-refractivity contribution in [3.63, 3.8) is 0 Å². The van der Waals surface area contributed by atoms with Crippen LogP contribution in [0.2, 0.25) is 0 Å². The molecule has 0 radical (unpaired) electrons. The maximum atomic E-state index is 11.9. The Balaban J connectivity index is 1.58. The van der Waals surface area contributed by atoms with Gasteiger partial charge < -0.3 is 19.4 Å². The van der Waals surface area contributed by atoms with E-state index in [0.29, 0.717) is 38.7 Å². The fourth-order valence-electron chi connectivity index (χ4n) is 3.38. The molecule has 27 heavy (non-hydrogen) atoms. The summed E-state index contributed by atoms with van der Waals surface area (Å²) in [5.74, 6) is 3.84. The molecule has 8 nitrogen and oxygen atoms in total. The summed E-state index contributed by atoms with van der Waals surface area (Å²) >= 11 is 1.97. The second kappa shape index (κ2) is 8.16. The van der Waals surface area contributed by atoms with Gasteiger partial charge in [-0.2, -0.15) is 16.7 Å². The second-order valence-corrected chi connectivity index (χ2v) is 7.72. The Morgan fingerprint density at radius 1 is 1.11 bits per heavy atom. The van der Waals surface area contributed by atoms with E-state index >= 15 is 0 Å². The number of aromatic nitrogens is 3. The molecule has 0 bridgehead atoms. The number of carbonyl (C=O) groups is 1. The van der Waals surface area contributed by atoms with Gasteiger partial charge in [-0.3, -0.25) is 4.98 Å². The SMILES string of the molecule is CCOC(=O)N1CCN(c2nc(N3CCSCC3)c3ncccc3n2)CC1. The summed E-state index contributed by atoms with van der Waals surface area (Å²) in [7, 11) is 0. The topological polar surface area (TPSA) is 74.7 Å². The predicted octanol–water partition coefficient (Wildman–Crippen LogP) is 1.86. The van der Waals surface area contributed by atoms with Gasteiger partial charge in [-0.25, -0.2) is 9.78 Å². The molecule has 2 aromatic heterocycles. The minimum Gasteiger partial charge on any atom is -0.450 e. The Labute approximate surface area is 162 Å². The highest BCUT2D eigenvalue weighted by Gasteiger charge is 2.25. The number of carbonyl (C=O) groups excluding carboxylic acids is 1. The molecule has 2 fully saturated rings. The van der Waals surface area contributed by atoms with Crippen molar-refractivity contribution in [3.05, 3.63) is 18.3 Å². The number of thioether (sulfide) groups is 1. The van der Waals surface area contributed by atoms with Gasteiger partial charge in [0, 0.05) is 57.0 Å². The summed E-state index contributed by atoms with van der Waals surface area (Å²) in [6.45, 7) is 6.79. The molecular weight excluding hydrogens is 364 g/mol. The van der Waals surface area contributed by atoms with Crippen LogP contribution in [-0.2, 0) is 4.74 Å². The molecule has 1 amide bonds. The zero-order valence-corrected chi connectivity index (χ0v) is 16.3. The molecule has 2 saturated heterocycles. The van der Waals surface area contributed by atoms with E-state index in [1.165, 1.54) is 0 Å². The van der Waals surface area contributed by atoms with Crippen LogP contribution in [-0.4, -0.2) is 83.3 Å². The average Bonchev–Trinajstić information content (AvgIpc) is 2.74. The van der Waals surface area contributed by atoms with Crippen molar-refractivity contribution in [1.29, 1.82) is 0 Å². The number of fused-ring (bicyclic) bond motifs is 1. The molecule has 0 spiro atoms. The predicted molar refractivity (Wildman–Crippen MR) is 108 cm³/mol. The zero-order valence-electron chi connectivity index (χ0n) is 15.5. The van der Waals surface area contributed by atoms with E-state index < -0.39 is 0 Å². The maximum Gasteiger partial charge on any atom is 0.409 e. The Morgan fingerprint density at radius 2 is 1.89 bits per heavy atom. The van der Waals surface area contributed by atoms with E-state index in [-0.39, 0.29) is 6.09 Å². The quantitative estimate of drug-likeness (QED) is 0.789. The third-order valence-corrected chi connectivity index (χ3v) is 5.77. The van der Waals surface area contributed by atoms with Crippen molar-refractivity contribution in [1.82, 2.24) is 19.9 Å². The normalized spacial score (nSPS) is 18.0. The van der Waals surface area contributed by atoms with Crippen LogP contribution in [0, 0.1) is 0 Å². The number of rotatable bonds is 3. The van der Waals surface area contributed by atoms with Crippen LogP contribution >= 0.6 is 11.8 Å². The fourth-order valence-corrected chi connectivity index (χ4v) is 4.28. The van der Waals surface area contributed by atoms with Gasteiger partial charge in [-0.05, 0) is 19.1 Å².